The zero-order valence-electron chi connectivity index (χ0n) is 32.7. The number of imide groups is 1. The average Bonchev–Trinajstić information content (AvgIpc) is 3.92. The normalized spacial score (nSPS) is 17.5. The number of rotatable bonds is 10. The fourth-order valence-electron chi connectivity index (χ4n) is 7.81. The lowest BCUT2D eigenvalue weighted by Gasteiger charge is -2.38. The number of hydrogen-bond acceptors (Lipinski definition) is 9. The average molecular weight is 773 g/mol. The maximum Gasteiger partial charge on any atom is 0.289 e. The van der Waals surface area contributed by atoms with E-state index in [-0.39, 0.29) is 53.7 Å². The highest BCUT2D eigenvalue weighted by Gasteiger charge is 2.30. The summed E-state index contributed by atoms with van der Waals surface area (Å²) in [6.45, 7) is 2.82. The number of amides is 5. The predicted octanol–water partition coefficient (Wildman–Crippen LogP) is 4.21. The molecule has 14 nitrogen and oxygen atoms in total. The standard InChI is InChI=1S/C43H48N8O6/c1-47(2)43(56)37-27-33-25-32(31-10-7-19-50(28-31)40(54)17-22-51-23-18-44-46-51)24-30(41(33)57-37)8-4-5-12-39(53)49-20-15-34(16-21-49)48(3)35-11-6-9-29(26-35)36-13-14-38(52)45-42(36)55/h6,9-11,18,23-27,34,36H,5,7,12-17,19-22,28H2,1-3H3,(H,45,52,55). The third-order valence-corrected chi connectivity index (χ3v) is 11.1. The lowest BCUT2D eigenvalue weighted by molar-refractivity contribution is -0.134. The molecular weight excluding hydrogens is 725 g/mol. The third-order valence-electron chi connectivity index (χ3n) is 11.1. The molecular formula is C43H48N8O6. The van der Waals surface area contributed by atoms with Crippen LogP contribution in [0.5, 0.6) is 0 Å². The third kappa shape index (κ3) is 9.09. The van der Waals surface area contributed by atoms with E-state index in [9.17, 15) is 24.0 Å². The van der Waals surface area contributed by atoms with Crippen LogP contribution in [0, 0.1) is 11.8 Å². The molecule has 1 atom stereocenters. The maximum atomic E-state index is 13.3. The highest BCUT2D eigenvalue weighted by atomic mass is 16.3. The lowest BCUT2D eigenvalue weighted by Crippen LogP contribution is -2.45. The van der Waals surface area contributed by atoms with Gasteiger partial charge in [-0.3, -0.25) is 34.0 Å². The minimum absolute atomic E-state index is 0.0390. The molecule has 0 bridgehead atoms. The molecule has 0 spiro atoms. The Hall–Kier alpha value is -6.23. The van der Waals surface area contributed by atoms with Crippen molar-refractivity contribution in [3.63, 3.8) is 0 Å². The number of carbonyl (C=O) groups excluding carboxylic acids is 5. The molecule has 5 heterocycles. The summed E-state index contributed by atoms with van der Waals surface area (Å²) in [6.07, 6.45) is 9.62. The van der Waals surface area contributed by atoms with Gasteiger partial charge in [-0.25, -0.2) is 0 Å². The Labute approximate surface area is 331 Å². The molecule has 2 fully saturated rings. The number of nitrogens with zero attached hydrogens (tertiary/aromatic N) is 7. The van der Waals surface area contributed by atoms with Gasteiger partial charge in [0.25, 0.3) is 5.91 Å². The second-order valence-corrected chi connectivity index (χ2v) is 15.1. The zero-order valence-corrected chi connectivity index (χ0v) is 32.7. The molecule has 1 unspecified atom stereocenters. The SMILES string of the molecule is CN(C)C(=O)c1cc2cc(C3=CCCN(C(=O)CCn4ccnn4)C3)cc(C#CCCC(=O)N3CCC(N(C)c4cccc(C5CCC(=O)NC5=O)c4)CC3)c2o1. The quantitative estimate of drug-likeness (QED) is 0.185. The monoisotopic (exact) mass is 772 g/mol. The first-order valence-electron chi connectivity index (χ1n) is 19.6. The van der Waals surface area contributed by atoms with E-state index in [0.29, 0.717) is 76.0 Å². The Bertz CT molecular complexity index is 2260. The molecule has 5 amide bonds. The van der Waals surface area contributed by atoms with Crippen LogP contribution in [0.3, 0.4) is 0 Å². The largest absolute Gasteiger partial charge is 0.450 e. The number of aromatic nitrogens is 3. The van der Waals surface area contributed by atoms with Crippen LogP contribution in [-0.2, 0) is 25.7 Å². The summed E-state index contributed by atoms with van der Waals surface area (Å²) in [5.74, 6) is 5.68. The van der Waals surface area contributed by atoms with Crippen molar-refractivity contribution in [3.05, 3.63) is 83.4 Å². The van der Waals surface area contributed by atoms with Gasteiger partial charge in [-0.05, 0) is 72.7 Å². The van der Waals surface area contributed by atoms with Gasteiger partial charge in [0.15, 0.2) is 11.3 Å². The molecule has 2 aromatic heterocycles. The van der Waals surface area contributed by atoms with Gasteiger partial charge in [-0.2, -0.15) is 0 Å². The van der Waals surface area contributed by atoms with Crippen molar-refractivity contribution < 1.29 is 28.4 Å². The molecule has 0 radical (unpaired) electrons. The number of fused-ring (bicyclic) bond motifs is 1. The van der Waals surface area contributed by atoms with Crippen molar-refractivity contribution in [1.29, 1.82) is 0 Å². The topological polar surface area (TPSA) is 154 Å². The molecule has 57 heavy (non-hydrogen) atoms. The minimum Gasteiger partial charge on any atom is -0.450 e. The Balaban J connectivity index is 0.978. The predicted molar refractivity (Wildman–Crippen MR) is 214 cm³/mol. The van der Waals surface area contributed by atoms with Crippen LogP contribution in [0.4, 0.5) is 5.69 Å². The van der Waals surface area contributed by atoms with Crippen molar-refractivity contribution in [2.75, 3.05) is 52.2 Å². The first-order chi connectivity index (χ1) is 27.5. The summed E-state index contributed by atoms with van der Waals surface area (Å²) in [6, 6.07) is 13.9. The lowest BCUT2D eigenvalue weighted by atomic mass is 9.90. The van der Waals surface area contributed by atoms with Gasteiger partial charge in [0, 0.05) is 96.3 Å². The summed E-state index contributed by atoms with van der Waals surface area (Å²) in [4.78, 5) is 70.9. The molecule has 3 aliphatic heterocycles. The number of furan rings is 1. The van der Waals surface area contributed by atoms with Crippen LogP contribution >= 0.6 is 0 Å². The van der Waals surface area contributed by atoms with Crippen LogP contribution in [0.25, 0.3) is 16.5 Å². The van der Waals surface area contributed by atoms with Crippen molar-refractivity contribution in [1.82, 2.24) is 35.0 Å². The number of anilines is 1. The van der Waals surface area contributed by atoms with Crippen molar-refractivity contribution in [2.24, 2.45) is 0 Å². The summed E-state index contributed by atoms with van der Waals surface area (Å²) in [5, 5.41) is 11.0. The van der Waals surface area contributed by atoms with Crippen molar-refractivity contribution >= 4 is 51.8 Å². The van der Waals surface area contributed by atoms with Crippen LogP contribution in [0.1, 0.15) is 84.5 Å². The van der Waals surface area contributed by atoms with Gasteiger partial charge in [-0.1, -0.05) is 35.3 Å². The van der Waals surface area contributed by atoms with Gasteiger partial charge in [0.1, 0.15) is 0 Å². The maximum absolute atomic E-state index is 13.3. The van der Waals surface area contributed by atoms with E-state index in [1.807, 2.05) is 46.2 Å². The van der Waals surface area contributed by atoms with Crippen molar-refractivity contribution in [2.45, 2.75) is 69.9 Å². The van der Waals surface area contributed by atoms with Crippen LogP contribution in [0.15, 0.2) is 65.4 Å². The van der Waals surface area contributed by atoms with Crippen LogP contribution in [-0.4, -0.2) is 113 Å². The van der Waals surface area contributed by atoms with Gasteiger partial charge >= 0.3 is 0 Å². The van der Waals surface area contributed by atoms with E-state index in [2.05, 4.69) is 45.5 Å². The van der Waals surface area contributed by atoms with E-state index < -0.39 is 0 Å². The molecule has 14 heteroatoms. The summed E-state index contributed by atoms with van der Waals surface area (Å²) in [7, 11) is 5.39. The van der Waals surface area contributed by atoms with E-state index >= 15 is 0 Å². The van der Waals surface area contributed by atoms with Crippen molar-refractivity contribution in [3.8, 4) is 11.8 Å². The zero-order chi connectivity index (χ0) is 40.1. The smallest absolute Gasteiger partial charge is 0.289 e. The second kappa shape index (κ2) is 17.3. The highest BCUT2D eigenvalue weighted by Crippen LogP contribution is 2.32. The molecule has 2 aromatic carbocycles. The van der Waals surface area contributed by atoms with E-state index in [1.165, 1.54) is 4.90 Å². The molecule has 1 N–H and O–H groups in total. The van der Waals surface area contributed by atoms with E-state index in [1.54, 1.807) is 37.2 Å². The Morgan fingerprint density at radius 2 is 1.77 bits per heavy atom. The summed E-state index contributed by atoms with van der Waals surface area (Å²) >= 11 is 0. The number of likely N-dealkylation sites (tertiary alicyclic amines) is 1. The Kier molecular flexibility index (Phi) is 11.8. The number of benzene rings is 2. The van der Waals surface area contributed by atoms with Gasteiger partial charge in [0.2, 0.25) is 23.6 Å². The van der Waals surface area contributed by atoms with Crippen LogP contribution in [0.2, 0.25) is 0 Å². The second-order valence-electron chi connectivity index (χ2n) is 15.1. The Morgan fingerprint density at radius 1 is 0.965 bits per heavy atom. The molecule has 3 aliphatic rings. The Morgan fingerprint density at radius 3 is 2.53 bits per heavy atom. The first kappa shape index (κ1) is 39.0. The van der Waals surface area contributed by atoms with Gasteiger partial charge in [-0.15, -0.1) is 5.10 Å². The fourth-order valence-corrected chi connectivity index (χ4v) is 7.81. The number of piperidine rings is 2. The summed E-state index contributed by atoms with van der Waals surface area (Å²) in [5.41, 5.74) is 4.93. The van der Waals surface area contributed by atoms with Crippen LogP contribution < -0.4 is 10.2 Å². The van der Waals surface area contributed by atoms with Gasteiger partial charge in [0.05, 0.1) is 24.2 Å². The van der Waals surface area contributed by atoms with E-state index in [0.717, 1.165) is 40.6 Å². The molecule has 2 saturated heterocycles. The number of hydrogen-bond donors (Lipinski definition) is 1. The molecule has 7 rings (SSSR count). The first-order valence-corrected chi connectivity index (χ1v) is 19.6. The highest BCUT2D eigenvalue weighted by molar-refractivity contribution is 6.01. The number of aryl methyl sites for hydroxylation is 1. The molecule has 296 valence electrons. The minimum atomic E-state index is -0.336. The fraction of sp³-hybridized carbons (Fsp3) is 0.419. The van der Waals surface area contributed by atoms with E-state index in [4.69, 9.17) is 4.42 Å². The number of carbonyl (C=O) groups is 5. The van der Waals surface area contributed by atoms with Gasteiger partial charge < -0.3 is 24.0 Å². The summed E-state index contributed by atoms with van der Waals surface area (Å²) < 4.78 is 7.72. The molecule has 0 saturated carbocycles. The molecule has 0 aliphatic carbocycles. The molecule has 4 aromatic rings. The number of nitrogens with one attached hydrogen (secondary N) is 1.